The molecule has 2 aliphatic carbocycles. The molecule has 1 amide bonds. The van der Waals surface area contributed by atoms with Crippen molar-refractivity contribution in [3.05, 3.63) is 0 Å². The third-order valence-corrected chi connectivity index (χ3v) is 3.99. The molecule has 3 nitrogen and oxygen atoms in total. The second kappa shape index (κ2) is 4.74. The second-order valence-electron chi connectivity index (χ2n) is 5.83. The van der Waals surface area contributed by atoms with Gasteiger partial charge in [-0.05, 0) is 50.4 Å². The number of hydrogen-bond acceptors (Lipinski definition) is 2. The number of carbonyl (C=O) groups is 1. The maximum absolute atomic E-state index is 11.5. The third kappa shape index (κ3) is 3.48. The monoisotopic (exact) mass is 225 g/mol. The molecule has 0 radical (unpaired) electrons. The molecule has 0 aliphatic heterocycles. The number of carbonyl (C=O) groups excluding carboxylic acids is 1. The molecule has 2 fully saturated rings. The first-order chi connectivity index (χ1) is 7.57. The van der Waals surface area contributed by atoms with Crippen LogP contribution in [0.5, 0.6) is 0 Å². The van der Waals surface area contributed by atoms with Crippen LogP contribution in [0.2, 0.25) is 0 Å². The van der Waals surface area contributed by atoms with Crippen molar-refractivity contribution >= 4 is 5.91 Å². The van der Waals surface area contributed by atoms with E-state index in [2.05, 4.69) is 12.2 Å². The standard InChI is InChI=1S/C13H23NO2/c1-10-4-6-13(16,7-5-10)9-14-12(15)8-11-2-3-11/h10-11,16H,2-9H2,1H3,(H,14,15). The molecular formula is C13H23NO2. The molecule has 0 aromatic carbocycles. The summed E-state index contributed by atoms with van der Waals surface area (Å²) in [5, 5.41) is 13.2. The van der Waals surface area contributed by atoms with E-state index in [4.69, 9.17) is 0 Å². The van der Waals surface area contributed by atoms with E-state index < -0.39 is 5.60 Å². The number of hydrogen-bond donors (Lipinski definition) is 2. The predicted molar refractivity (Wildman–Crippen MR) is 62.9 cm³/mol. The van der Waals surface area contributed by atoms with Gasteiger partial charge in [0.15, 0.2) is 0 Å². The highest BCUT2D eigenvalue weighted by atomic mass is 16.3. The average molecular weight is 225 g/mol. The second-order valence-corrected chi connectivity index (χ2v) is 5.83. The lowest BCUT2D eigenvalue weighted by Gasteiger charge is -2.34. The van der Waals surface area contributed by atoms with Crippen LogP contribution in [0.4, 0.5) is 0 Å². The molecule has 0 heterocycles. The highest BCUT2D eigenvalue weighted by Crippen LogP contribution is 2.33. The molecule has 2 N–H and O–H groups in total. The summed E-state index contributed by atoms with van der Waals surface area (Å²) >= 11 is 0. The lowest BCUT2D eigenvalue weighted by molar-refractivity contribution is -0.123. The summed E-state index contributed by atoms with van der Waals surface area (Å²) in [6, 6.07) is 0. The Labute approximate surface area is 97.6 Å². The van der Waals surface area contributed by atoms with Crippen LogP contribution in [0, 0.1) is 11.8 Å². The van der Waals surface area contributed by atoms with Crippen molar-refractivity contribution in [2.24, 2.45) is 11.8 Å². The van der Waals surface area contributed by atoms with E-state index in [9.17, 15) is 9.90 Å². The van der Waals surface area contributed by atoms with Gasteiger partial charge in [0, 0.05) is 13.0 Å². The molecule has 0 spiro atoms. The first kappa shape index (κ1) is 11.9. The van der Waals surface area contributed by atoms with Crippen LogP contribution in [0.25, 0.3) is 0 Å². The zero-order chi connectivity index (χ0) is 11.6. The minimum atomic E-state index is -0.633. The van der Waals surface area contributed by atoms with E-state index in [1.807, 2.05) is 0 Å². The van der Waals surface area contributed by atoms with Gasteiger partial charge in [-0.2, -0.15) is 0 Å². The van der Waals surface area contributed by atoms with Gasteiger partial charge in [0.05, 0.1) is 5.60 Å². The van der Waals surface area contributed by atoms with Crippen molar-refractivity contribution in [3.8, 4) is 0 Å². The highest BCUT2D eigenvalue weighted by molar-refractivity contribution is 5.76. The number of amides is 1. The number of nitrogens with one attached hydrogen (secondary N) is 1. The fraction of sp³-hybridized carbons (Fsp3) is 0.923. The summed E-state index contributed by atoms with van der Waals surface area (Å²) in [5.41, 5.74) is -0.633. The van der Waals surface area contributed by atoms with Crippen LogP contribution in [0.1, 0.15) is 51.9 Å². The molecule has 0 bridgehead atoms. The zero-order valence-electron chi connectivity index (χ0n) is 10.2. The van der Waals surface area contributed by atoms with Gasteiger partial charge in [-0.15, -0.1) is 0 Å². The quantitative estimate of drug-likeness (QED) is 0.767. The molecule has 0 saturated heterocycles. The van der Waals surface area contributed by atoms with Gasteiger partial charge < -0.3 is 10.4 Å². The summed E-state index contributed by atoms with van der Waals surface area (Å²) in [6.07, 6.45) is 6.89. The summed E-state index contributed by atoms with van der Waals surface area (Å²) in [4.78, 5) is 11.5. The Bertz CT molecular complexity index is 253. The normalized spacial score (nSPS) is 34.8. The van der Waals surface area contributed by atoms with E-state index >= 15 is 0 Å². The SMILES string of the molecule is CC1CCC(O)(CNC(=O)CC2CC2)CC1. The minimum absolute atomic E-state index is 0.120. The predicted octanol–water partition coefficient (Wildman–Crippen LogP) is 1.84. The molecule has 3 heteroatoms. The Morgan fingerprint density at radius 3 is 2.50 bits per heavy atom. The first-order valence-corrected chi connectivity index (χ1v) is 6.56. The van der Waals surface area contributed by atoms with Crippen LogP contribution in [0.15, 0.2) is 0 Å². The average Bonchev–Trinajstić information content (AvgIpc) is 3.04. The van der Waals surface area contributed by atoms with Crippen LogP contribution in [-0.2, 0) is 4.79 Å². The lowest BCUT2D eigenvalue weighted by Crippen LogP contribution is -2.45. The van der Waals surface area contributed by atoms with Crippen LogP contribution < -0.4 is 5.32 Å². The third-order valence-electron chi connectivity index (χ3n) is 3.99. The van der Waals surface area contributed by atoms with Crippen molar-refractivity contribution in [1.82, 2.24) is 5.32 Å². The van der Waals surface area contributed by atoms with E-state index in [-0.39, 0.29) is 5.91 Å². The lowest BCUT2D eigenvalue weighted by atomic mass is 9.79. The van der Waals surface area contributed by atoms with Gasteiger partial charge in [0.1, 0.15) is 0 Å². The molecule has 0 unspecified atom stereocenters. The molecule has 0 atom stereocenters. The molecule has 2 aliphatic rings. The first-order valence-electron chi connectivity index (χ1n) is 6.56. The summed E-state index contributed by atoms with van der Waals surface area (Å²) in [5.74, 6) is 1.47. The Morgan fingerprint density at radius 2 is 1.94 bits per heavy atom. The van der Waals surface area contributed by atoms with Crippen LogP contribution in [0.3, 0.4) is 0 Å². The molecule has 92 valence electrons. The number of aliphatic hydroxyl groups is 1. The summed E-state index contributed by atoms with van der Waals surface area (Å²) in [6.45, 7) is 2.68. The van der Waals surface area contributed by atoms with Crippen molar-refractivity contribution in [2.45, 2.75) is 57.5 Å². The Balaban J connectivity index is 1.69. The molecule has 2 saturated carbocycles. The smallest absolute Gasteiger partial charge is 0.220 e. The fourth-order valence-corrected chi connectivity index (χ4v) is 2.40. The summed E-state index contributed by atoms with van der Waals surface area (Å²) < 4.78 is 0. The van der Waals surface area contributed by atoms with Crippen molar-refractivity contribution in [2.75, 3.05) is 6.54 Å². The van der Waals surface area contributed by atoms with Gasteiger partial charge in [0.25, 0.3) is 0 Å². The van der Waals surface area contributed by atoms with Gasteiger partial charge in [0.2, 0.25) is 5.91 Å². The zero-order valence-corrected chi connectivity index (χ0v) is 10.2. The van der Waals surface area contributed by atoms with Crippen LogP contribution in [-0.4, -0.2) is 23.2 Å². The van der Waals surface area contributed by atoms with Gasteiger partial charge in [-0.3, -0.25) is 4.79 Å². The number of rotatable bonds is 4. The largest absolute Gasteiger partial charge is 0.388 e. The van der Waals surface area contributed by atoms with Gasteiger partial charge in [-0.1, -0.05) is 6.92 Å². The van der Waals surface area contributed by atoms with Gasteiger partial charge in [-0.25, -0.2) is 0 Å². The topological polar surface area (TPSA) is 49.3 Å². The highest BCUT2D eigenvalue weighted by Gasteiger charge is 2.32. The Hall–Kier alpha value is -0.570. The van der Waals surface area contributed by atoms with Crippen molar-refractivity contribution in [1.29, 1.82) is 0 Å². The van der Waals surface area contributed by atoms with E-state index in [0.717, 1.165) is 31.6 Å². The van der Waals surface area contributed by atoms with Crippen molar-refractivity contribution < 1.29 is 9.90 Å². The fourth-order valence-electron chi connectivity index (χ4n) is 2.40. The van der Waals surface area contributed by atoms with E-state index in [1.165, 1.54) is 12.8 Å². The Kier molecular flexibility index (Phi) is 3.53. The maximum atomic E-state index is 11.5. The molecular weight excluding hydrogens is 202 g/mol. The molecule has 2 rings (SSSR count). The summed E-state index contributed by atoms with van der Waals surface area (Å²) in [7, 11) is 0. The Morgan fingerprint density at radius 1 is 1.31 bits per heavy atom. The van der Waals surface area contributed by atoms with Crippen LogP contribution >= 0.6 is 0 Å². The molecule has 16 heavy (non-hydrogen) atoms. The van der Waals surface area contributed by atoms with E-state index in [1.54, 1.807) is 0 Å². The molecule has 0 aromatic rings. The van der Waals surface area contributed by atoms with Crippen molar-refractivity contribution in [3.63, 3.8) is 0 Å². The van der Waals surface area contributed by atoms with Gasteiger partial charge >= 0.3 is 0 Å². The minimum Gasteiger partial charge on any atom is -0.388 e. The maximum Gasteiger partial charge on any atom is 0.220 e. The van der Waals surface area contributed by atoms with E-state index in [0.29, 0.717) is 18.9 Å². The molecule has 0 aromatic heterocycles.